The fourth-order valence-electron chi connectivity index (χ4n) is 1.42. The summed E-state index contributed by atoms with van der Waals surface area (Å²) in [6, 6.07) is 2.00. The Morgan fingerprint density at radius 3 is 1.92 bits per heavy atom. The Balaban J connectivity index is 0.000000243. The number of carboxylic acid groups (broad SMARTS) is 2. The number of rotatable bonds is 2. The van der Waals surface area contributed by atoms with E-state index in [-0.39, 0.29) is 15.6 Å². The summed E-state index contributed by atoms with van der Waals surface area (Å²) in [5.74, 6) is -2.79. The lowest BCUT2D eigenvalue weighted by atomic mass is 10.2. The number of carboxylic acids is 2. The van der Waals surface area contributed by atoms with Crippen LogP contribution >= 0.6 is 23.2 Å². The Labute approximate surface area is 142 Å². The molecule has 2 N–H and O–H groups in total. The molecule has 2 rings (SSSR count). The van der Waals surface area contributed by atoms with Gasteiger partial charge in [-0.2, -0.15) is 13.2 Å². The smallest absolute Gasteiger partial charge is 0.434 e. The van der Waals surface area contributed by atoms with Gasteiger partial charge in [-0.15, -0.1) is 0 Å². The van der Waals surface area contributed by atoms with E-state index in [0.717, 1.165) is 18.3 Å². The summed E-state index contributed by atoms with van der Waals surface area (Å²) < 4.78 is 36.2. The normalized spacial score (nSPS) is 10.5. The van der Waals surface area contributed by atoms with Crippen LogP contribution < -0.4 is 0 Å². The van der Waals surface area contributed by atoms with Gasteiger partial charge < -0.3 is 10.2 Å². The first-order chi connectivity index (χ1) is 11.1. The number of halogens is 5. The van der Waals surface area contributed by atoms with Gasteiger partial charge in [0, 0.05) is 18.6 Å². The van der Waals surface area contributed by atoms with Gasteiger partial charge in [0.25, 0.3) is 0 Å². The highest BCUT2D eigenvalue weighted by Crippen LogP contribution is 2.29. The molecule has 0 aliphatic carbocycles. The quantitative estimate of drug-likeness (QED) is 0.816. The van der Waals surface area contributed by atoms with Crippen molar-refractivity contribution in [2.45, 2.75) is 6.18 Å². The summed E-state index contributed by atoms with van der Waals surface area (Å²) in [5, 5.41) is 17.0. The predicted octanol–water partition coefficient (Wildman–Crippen LogP) is 3.89. The van der Waals surface area contributed by atoms with Crippen LogP contribution in [0, 0.1) is 0 Å². The van der Waals surface area contributed by atoms with Crippen molar-refractivity contribution >= 4 is 35.1 Å². The average Bonchev–Trinajstić information content (AvgIpc) is 2.46. The number of nitrogens with zero attached hydrogens (tertiary/aromatic N) is 2. The Morgan fingerprint density at radius 1 is 1.04 bits per heavy atom. The molecule has 11 heteroatoms. The molecule has 0 saturated carbocycles. The zero-order valence-corrected chi connectivity index (χ0v) is 12.9. The van der Waals surface area contributed by atoms with Crippen LogP contribution in [0.4, 0.5) is 13.2 Å². The first kappa shape index (κ1) is 19.7. The topological polar surface area (TPSA) is 100 Å². The van der Waals surface area contributed by atoms with Crippen molar-refractivity contribution in [3.05, 3.63) is 57.6 Å². The summed E-state index contributed by atoms with van der Waals surface area (Å²) in [5.41, 5.74) is -2.32. The molecular formula is C13H7Cl2F3N2O4. The van der Waals surface area contributed by atoms with E-state index in [4.69, 9.17) is 33.4 Å². The highest BCUT2D eigenvalue weighted by Gasteiger charge is 2.36. The van der Waals surface area contributed by atoms with E-state index in [9.17, 15) is 22.8 Å². The lowest BCUT2D eigenvalue weighted by Crippen LogP contribution is -2.14. The van der Waals surface area contributed by atoms with Gasteiger partial charge in [-0.25, -0.2) is 9.59 Å². The number of pyridine rings is 2. The molecule has 2 heterocycles. The van der Waals surface area contributed by atoms with Crippen molar-refractivity contribution in [3.63, 3.8) is 0 Å². The summed E-state index contributed by atoms with van der Waals surface area (Å²) in [4.78, 5) is 27.3. The molecule has 0 saturated heterocycles. The molecule has 0 atom stereocenters. The van der Waals surface area contributed by atoms with Crippen molar-refractivity contribution < 1.29 is 33.0 Å². The average molecular weight is 383 g/mol. The van der Waals surface area contributed by atoms with Gasteiger partial charge in [0.15, 0.2) is 5.69 Å². The second kappa shape index (κ2) is 7.93. The summed E-state index contributed by atoms with van der Waals surface area (Å²) in [7, 11) is 0. The second-order valence-corrected chi connectivity index (χ2v) is 4.80. The molecule has 0 amide bonds. The molecule has 128 valence electrons. The maximum Gasteiger partial charge on any atom is 0.434 e. The SMILES string of the molecule is O=C(O)c1c(Cl)cncc1Cl.O=C(O)c1cccnc1C(F)(F)F. The first-order valence-corrected chi connectivity index (χ1v) is 6.59. The number of alkyl halides is 3. The van der Waals surface area contributed by atoms with E-state index < -0.39 is 29.4 Å². The predicted molar refractivity (Wildman–Crippen MR) is 77.4 cm³/mol. The van der Waals surface area contributed by atoms with E-state index in [0.29, 0.717) is 0 Å². The van der Waals surface area contributed by atoms with Crippen molar-refractivity contribution in [1.29, 1.82) is 0 Å². The van der Waals surface area contributed by atoms with Crippen LogP contribution in [0.2, 0.25) is 10.0 Å². The lowest BCUT2D eigenvalue weighted by Gasteiger charge is -2.07. The molecule has 2 aromatic heterocycles. The molecule has 0 fully saturated rings. The van der Waals surface area contributed by atoms with Gasteiger partial charge in [-0.05, 0) is 12.1 Å². The van der Waals surface area contributed by atoms with E-state index >= 15 is 0 Å². The lowest BCUT2D eigenvalue weighted by molar-refractivity contribution is -0.141. The minimum absolute atomic E-state index is 0.0463. The summed E-state index contributed by atoms with van der Waals surface area (Å²) in [6.45, 7) is 0. The second-order valence-electron chi connectivity index (χ2n) is 3.99. The van der Waals surface area contributed by atoms with E-state index in [1.165, 1.54) is 12.4 Å². The van der Waals surface area contributed by atoms with Crippen LogP contribution in [0.5, 0.6) is 0 Å². The van der Waals surface area contributed by atoms with Crippen LogP contribution in [0.25, 0.3) is 0 Å². The molecule has 24 heavy (non-hydrogen) atoms. The van der Waals surface area contributed by atoms with Crippen molar-refractivity contribution in [3.8, 4) is 0 Å². The maximum atomic E-state index is 12.1. The van der Waals surface area contributed by atoms with Crippen LogP contribution in [0.3, 0.4) is 0 Å². The highest BCUT2D eigenvalue weighted by atomic mass is 35.5. The molecule has 6 nitrogen and oxygen atoms in total. The third-order valence-electron chi connectivity index (χ3n) is 2.37. The number of hydrogen-bond acceptors (Lipinski definition) is 4. The van der Waals surface area contributed by atoms with Gasteiger partial charge in [-0.1, -0.05) is 23.2 Å². The van der Waals surface area contributed by atoms with Gasteiger partial charge >= 0.3 is 18.1 Å². The zero-order valence-electron chi connectivity index (χ0n) is 11.4. The molecule has 2 aromatic rings. The van der Waals surface area contributed by atoms with E-state index in [1.807, 2.05) is 0 Å². The Kier molecular flexibility index (Phi) is 6.50. The molecule has 0 aromatic carbocycles. The van der Waals surface area contributed by atoms with Gasteiger partial charge in [0.05, 0.1) is 21.2 Å². The Bertz CT molecular complexity index is 749. The minimum atomic E-state index is -4.73. The van der Waals surface area contributed by atoms with Crippen molar-refractivity contribution in [2.24, 2.45) is 0 Å². The molecule has 0 bridgehead atoms. The standard InChI is InChI=1S/C7H4F3NO2.C6H3Cl2NO2/c8-7(9,10)5-4(6(12)13)2-1-3-11-5;7-3-1-9-2-4(8)5(3)6(10)11/h1-3H,(H,12,13);1-2H,(H,10,11). The van der Waals surface area contributed by atoms with Crippen LogP contribution in [-0.2, 0) is 6.18 Å². The summed E-state index contributed by atoms with van der Waals surface area (Å²) in [6.07, 6.45) is -1.36. The monoisotopic (exact) mass is 382 g/mol. The summed E-state index contributed by atoms with van der Waals surface area (Å²) >= 11 is 11.0. The molecule has 0 radical (unpaired) electrons. The minimum Gasteiger partial charge on any atom is -0.478 e. The molecule has 0 aliphatic heterocycles. The molecular weight excluding hydrogens is 376 g/mol. The van der Waals surface area contributed by atoms with Crippen LogP contribution in [0.15, 0.2) is 30.7 Å². The van der Waals surface area contributed by atoms with E-state index in [2.05, 4.69) is 9.97 Å². The maximum absolute atomic E-state index is 12.1. The zero-order chi connectivity index (χ0) is 18.5. The Hall–Kier alpha value is -2.39. The Morgan fingerprint density at radius 2 is 1.58 bits per heavy atom. The fraction of sp³-hybridized carbons (Fsp3) is 0.0769. The highest BCUT2D eigenvalue weighted by molar-refractivity contribution is 6.38. The molecule has 0 spiro atoms. The third kappa shape index (κ3) is 5.07. The van der Waals surface area contributed by atoms with Crippen molar-refractivity contribution in [2.75, 3.05) is 0 Å². The number of carbonyl (C=O) groups is 2. The molecule has 0 unspecified atom stereocenters. The van der Waals surface area contributed by atoms with Crippen molar-refractivity contribution in [1.82, 2.24) is 9.97 Å². The fourth-order valence-corrected chi connectivity index (χ4v) is 1.95. The first-order valence-electron chi connectivity index (χ1n) is 5.83. The van der Waals surface area contributed by atoms with Crippen LogP contribution in [-0.4, -0.2) is 32.1 Å². The van der Waals surface area contributed by atoms with Gasteiger partial charge in [0.2, 0.25) is 0 Å². The van der Waals surface area contributed by atoms with Gasteiger partial charge in [0.1, 0.15) is 0 Å². The number of hydrogen-bond donors (Lipinski definition) is 2. The number of aromatic carboxylic acids is 2. The largest absolute Gasteiger partial charge is 0.478 e. The van der Waals surface area contributed by atoms with Gasteiger partial charge in [-0.3, -0.25) is 9.97 Å². The third-order valence-corrected chi connectivity index (χ3v) is 2.95. The number of aromatic nitrogens is 2. The van der Waals surface area contributed by atoms with E-state index in [1.54, 1.807) is 0 Å². The van der Waals surface area contributed by atoms with Crippen LogP contribution in [0.1, 0.15) is 26.4 Å². The molecule has 0 aliphatic rings.